The maximum absolute atomic E-state index is 11.8. The first-order valence-electron chi connectivity index (χ1n) is 5.62. The van der Waals surface area contributed by atoms with Crippen LogP contribution in [-0.4, -0.2) is 39.3 Å². The van der Waals surface area contributed by atoms with Crippen molar-refractivity contribution in [2.75, 3.05) is 33.4 Å². The van der Waals surface area contributed by atoms with E-state index in [1.807, 2.05) is 0 Å². The van der Waals surface area contributed by atoms with Gasteiger partial charge in [0.25, 0.3) is 0 Å². The highest BCUT2D eigenvalue weighted by molar-refractivity contribution is 5.79. The Morgan fingerprint density at radius 1 is 1.60 bits per heavy atom. The van der Waals surface area contributed by atoms with Crippen LogP contribution in [0.3, 0.4) is 0 Å². The number of carbonyl (C=O) groups is 1. The quantitative estimate of drug-likeness (QED) is 0.689. The Balaban J connectivity index is 2.23. The number of hydrogen-bond donors (Lipinski definition) is 2. The average molecular weight is 214 g/mol. The van der Waals surface area contributed by atoms with E-state index in [-0.39, 0.29) is 11.8 Å². The second-order valence-corrected chi connectivity index (χ2v) is 4.55. The van der Waals surface area contributed by atoms with Gasteiger partial charge in [-0.3, -0.25) is 4.79 Å². The van der Waals surface area contributed by atoms with Crippen molar-refractivity contribution < 1.29 is 9.53 Å². The standard InChI is InChI=1S/C11H22N2O2/c1-8(7-15-3)4-13-11(14)10-6-12-5-9(10)2/h8-10,12H,4-7H2,1-3H3,(H,13,14)/t8?,9-,10-/m1/s1. The second kappa shape index (κ2) is 6.08. The number of amides is 1. The Morgan fingerprint density at radius 2 is 2.33 bits per heavy atom. The summed E-state index contributed by atoms with van der Waals surface area (Å²) >= 11 is 0. The molecular weight excluding hydrogens is 192 g/mol. The Labute approximate surface area is 91.8 Å². The molecule has 0 radical (unpaired) electrons. The third kappa shape index (κ3) is 3.80. The molecule has 1 aliphatic rings. The Hall–Kier alpha value is -0.610. The minimum absolute atomic E-state index is 0.139. The van der Waals surface area contributed by atoms with Gasteiger partial charge >= 0.3 is 0 Å². The molecule has 1 unspecified atom stereocenters. The maximum atomic E-state index is 11.8. The van der Waals surface area contributed by atoms with E-state index in [1.165, 1.54) is 0 Å². The predicted octanol–water partition coefficient (Wildman–Crippen LogP) is 0.241. The molecule has 1 fully saturated rings. The fourth-order valence-corrected chi connectivity index (χ4v) is 1.91. The minimum atomic E-state index is 0.139. The van der Waals surface area contributed by atoms with Crippen LogP contribution in [0, 0.1) is 17.8 Å². The maximum Gasteiger partial charge on any atom is 0.224 e. The van der Waals surface area contributed by atoms with Crippen LogP contribution in [0.2, 0.25) is 0 Å². The van der Waals surface area contributed by atoms with Crippen molar-refractivity contribution >= 4 is 5.91 Å². The lowest BCUT2D eigenvalue weighted by Gasteiger charge is -2.16. The molecule has 0 bridgehead atoms. The van der Waals surface area contributed by atoms with Crippen LogP contribution in [0.15, 0.2) is 0 Å². The lowest BCUT2D eigenvalue weighted by molar-refractivity contribution is -0.125. The molecule has 88 valence electrons. The summed E-state index contributed by atoms with van der Waals surface area (Å²) in [7, 11) is 1.68. The summed E-state index contributed by atoms with van der Waals surface area (Å²) in [5.41, 5.74) is 0. The molecule has 0 aromatic heterocycles. The molecule has 0 saturated carbocycles. The molecule has 15 heavy (non-hydrogen) atoms. The number of hydrogen-bond acceptors (Lipinski definition) is 3. The second-order valence-electron chi connectivity index (χ2n) is 4.55. The van der Waals surface area contributed by atoms with Gasteiger partial charge in [-0.05, 0) is 18.4 Å². The third-order valence-corrected chi connectivity index (χ3v) is 2.93. The summed E-state index contributed by atoms with van der Waals surface area (Å²) in [5.74, 6) is 1.14. The number of nitrogens with one attached hydrogen (secondary N) is 2. The Bertz CT molecular complexity index is 209. The van der Waals surface area contributed by atoms with Crippen molar-refractivity contribution in [3.8, 4) is 0 Å². The smallest absolute Gasteiger partial charge is 0.224 e. The predicted molar refractivity (Wildman–Crippen MR) is 59.6 cm³/mol. The van der Waals surface area contributed by atoms with Crippen molar-refractivity contribution in [1.29, 1.82) is 0 Å². The molecule has 0 aromatic carbocycles. The van der Waals surface area contributed by atoms with Gasteiger partial charge in [-0.1, -0.05) is 13.8 Å². The van der Waals surface area contributed by atoms with Gasteiger partial charge in [0.2, 0.25) is 5.91 Å². The fourth-order valence-electron chi connectivity index (χ4n) is 1.91. The van der Waals surface area contributed by atoms with E-state index >= 15 is 0 Å². The number of rotatable bonds is 5. The molecule has 0 aromatic rings. The van der Waals surface area contributed by atoms with Gasteiger partial charge in [0, 0.05) is 20.2 Å². The largest absolute Gasteiger partial charge is 0.384 e. The molecule has 1 saturated heterocycles. The molecule has 1 heterocycles. The first-order chi connectivity index (χ1) is 7.15. The van der Waals surface area contributed by atoms with E-state index in [2.05, 4.69) is 24.5 Å². The number of methoxy groups -OCH3 is 1. The number of ether oxygens (including phenoxy) is 1. The molecule has 1 aliphatic heterocycles. The van der Waals surface area contributed by atoms with Crippen LogP contribution in [0.25, 0.3) is 0 Å². The highest BCUT2D eigenvalue weighted by Crippen LogP contribution is 2.15. The Morgan fingerprint density at radius 3 is 2.87 bits per heavy atom. The molecule has 1 amide bonds. The molecule has 3 atom stereocenters. The van der Waals surface area contributed by atoms with E-state index in [9.17, 15) is 4.79 Å². The van der Waals surface area contributed by atoms with E-state index in [4.69, 9.17) is 4.74 Å². The van der Waals surface area contributed by atoms with Gasteiger partial charge in [0.1, 0.15) is 0 Å². The van der Waals surface area contributed by atoms with Crippen molar-refractivity contribution in [2.45, 2.75) is 13.8 Å². The molecule has 4 nitrogen and oxygen atoms in total. The molecule has 0 aliphatic carbocycles. The molecule has 2 N–H and O–H groups in total. The first kappa shape index (κ1) is 12.5. The summed E-state index contributed by atoms with van der Waals surface area (Å²) in [6, 6.07) is 0. The monoisotopic (exact) mass is 214 g/mol. The van der Waals surface area contributed by atoms with Crippen LogP contribution < -0.4 is 10.6 Å². The minimum Gasteiger partial charge on any atom is -0.384 e. The van der Waals surface area contributed by atoms with Gasteiger partial charge in [0.05, 0.1) is 12.5 Å². The van der Waals surface area contributed by atoms with Gasteiger partial charge in [-0.15, -0.1) is 0 Å². The molecule has 1 rings (SSSR count). The SMILES string of the molecule is COCC(C)CNC(=O)[C@@H]1CNC[C@H]1C. The zero-order chi connectivity index (χ0) is 11.3. The lowest BCUT2D eigenvalue weighted by atomic mass is 9.97. The van der Waals surface area contributed by atoms with Crippen LogP contribution >= 0.6 is 0 Å². The van der Waals surface area contributed by atoms with Crippen LogP contribution in [-0.2, 0) is 9.53 Å². The fraction of sp³-hybridized carbons (Fsp3) is 0.909. The third-order valence-electron chi connectivity index (χ3n) is 2.93. The molecule has 0 spiro atoms. The normalized spacial score (nSPS) is 27.7. The highest BCUT2D eigenvalue weighted by Gasteiger charge is 2.29. The van der Waals surface area contributed by atoms with E-state index < -0.39 is 0 Å². The van der Waals surface area contributed by atoms with Crippen molar-refractivity contribution in [3.63, 3.8) is 0 Å². The van der Waals surface area contributed by atoms with E-state index in [0.717, 1.165) is 13.1 Å². The van der Waals surface area contributed by atoms with E-state index in [0.29, 0.717) is 25.0 Å². The lowest BCUT2D eigenvalue weighted by Crippen LogP contribution is -2.37. The van der Waals surface area contributed by atoms with Crippen LogP contribution in [0.5, 0.6) is 0 Å². The zero-order valence-electron chi connectivity index (χ0n) is 9.88. The van der Waals surface area contributed by atoms with E-state index in [1.54, 1.807) is 7.11 Å². The van der Waals surface area contributed by atoms with Gasteiger partial charge in [-0.25, -0.2) is 0 Å². The zero-order valence-corrected chi connectivity index (χ0v) is 9.88. The first-order valence-corrected chi connectivity index (χ1v) is 5.62. The van der Waals surface area contributed by atoms with Crippen LogP contribution in [0.4, 0.5) is 0 Å². The van der Waals surface area contributed by atoms with Crippen molar-refractivity contribution in [2.24, 2.45) is 17.8 Å². The van der Waals surface area contributed by atoms with Crippen molar-refractivity contribution in [1.82, 2.24) is 10.6 Å². The van der Waals surface area contributed by atoms with Gasteiger partial charge in [0.15, 0.2) is 0 Å². The molecule has 4 heteroatoms. The summed E-state index contributed by atoms with van der Waals surface area (Å²) < 4.78 is 5.02. The van der Waals surface area contributed by atoms with Crippen LogP contribution in [0.1, 0.15) is 13.8 Å². The topological polar surface area (TPSA) is 50.4 Å². The van der Waals surface area contributed by atoms with Crippen molar-refractivity contribution in [3.05, 3.63) is 0 Å². The van der Waals surface area contributed by atoms with Gasteiger partial charge < -0.3 is 15.4 Å². The summed E-state index contributed by atoms with van der Waals surface area (Å²) in [4.78, 5) is 11.8. The number of carbonyl (C=O) groups excluding carboxylic acids is 1. The summed E-state index contributed by atoms with van der Waals surface area (Å²) in [6.45, 7) is 7.34. The Kier molecular flexibility index (Phi) is 5.05. The average Bonchev–Trinajstić information content (AvgIpc) is 2.61. The summed E-state index contributed by atoms with van der Waals surface area (Å²) in [5, 5.41) is 6.21. The summed E-state index contributed by atoms with van der Waals surface area (Å²) in [6.07, 6.45) is 0. The highest BCUT2D eigenvalue weighted by atomic mass is 16.5. The van der Waals surface area contributed by atoms with Gasteiger partial charge in [-0.2, -0.15) is 0 Å². The molecular formula is C11H22N2O2.